The van der Waals surface area contributed by atoms with Crippen molar-refractivity contribution in [1.82, 2.24) is 34.3 Å². The molecule has 0 aliphatic carbocycles. The van der Waals surface area contributed by atoms with E-state index >= 15 is 0 Å². The van der Waals surface area contributed by atoms with Gasteiger partial charge in [0, 0.05) is 65.7 Å². The maximum absolute atomic E-state index is 14.4. The molecule has 0 bridgehead atoms. The Bertz CT molecular complexity index is 2630. The molecule has 0 fully saturated rings. The molecule has 20 heteroatoms. The minimum atomic E-state index is -1.86. The molecule has 6 aromatic rings. The summed E-state index contributed by atoms with van der Waals surface area (Å²) in [5.74, 6) is 0.244. The van der Waals surface area contributed by atoms with Crippen LogP contribution >= 0.6 is 0 Å². The maximum atomic E-state index is 14.4. The van der Waals surface area contributed by atoms with Crippen LogP contribution in [-0.4, -0.2) is 58.2 Å². The number of hydrogen-bond acceptors (Lipinski definition) is 11. The molecule has 16 nitrogen and oxygen atoms in total. The molecule has 2 aromatic carbocycles. The molecule has 0 saturated heterocycles. The highest BCUT2D eigenvalue weighted by Gasteiger charge is 2.21. The Morgan fingerprint density at radius 2 is 1.22 bits per heavy atom. The summed E-state index contributed by atoms with van der Waals surface area (Å²) in [5.41, 5.74) is 3.90. The second kappa shape index (κ2) is 23.2. The number of nitrogens with zero attached hydrogens (tertiary/aromatic N) is 7. The number of rotatable bonds is 13. The van der Waals surface area contributed by atoms with E-state index in [1.807, 2.05) is 55.4 Å². The first-order chi connectivity index (χ1) is 30.4. The molecule has 0 spiro atoms. The van der Waals surface area contributed by atoms with Gasteiger partial charge in [-0.25, -0.2) is 37.1 Å². The van der Waals surface area contributed by atoms with Crippen molar-refractivity contribution in [2.75, 3.05) is 19.5 Å². The second-order valence-corrected chi connectivity index (χ2v) is 17.2. The van der Waals surface area contributed by atoms with Crippen LogP contribution in [-0.2, 0) is 22.0 Å². The van der Waals surface area contributed by atoms with Gasteiger partial charge < -0.3 is 19.5 Å². The molecule has 4 aromatic heterocycles. The third kappa shape index (κ3) is 13.5. The number of nitrogens with one attached hydrogen (secondary N) is 2. The van der Waals surface area contributed by atoms with E-state index in [9.17, 15) is 22.0 Å². The molecule has 4 heterocycles. The SMILES string of the molecule is CC(C)n1ccc(S(N)=O)n1.COc1cc(-c2cc(F)cc(C(C)C)c2NC(=O)NS(=O)c2ccn(C(C)C)n2)ccn1.COc1cc(-c2cc(F)cc(C(C)C)c2OC#N)ccn1. The molecule has 2 atom stereocenters. The smallest absolute Gasteiger partial charge is 0.331 e. The van der Waals surface area contributed by atoms with Crippen LogP contribution in [0.3, 0.4) is 0 Å². The minimum Gasteiger partial charge on any atom is -0.481 e. The van der Waals surface area contributed by atoms with Crippen molar-refractivity contribution in [1.29, 1.82) is 5.26 Å². The molecule has 64 heavy (non-hydrogen) atoms. The minimum absolute atomic E-state index is 0.0199. The number of aromatic nitrogens is 6. The van der Waals surface area contributed by atoms with Crippen LogP contribution in [0.5, 0.6) is 17.5 Å². The molecule has 6 rings (SSSR count). The summed E-state index contributed by atoms with van der Waals surface area (Å²) >= 11 is 0. The largest absolute Gasteiger partial charge is 0.481 e. The van der Waals surface area contributed by atoms with Gasteiger partial charge in [-0.2, -0.15) is 10.2 Å². The van der Waals surface area contributed by atoms with Gasteiger partial charge in [-0.1, -0.05) is 27.7 Å². The lowest BCUT2D eigenvalue weighted by Gasteiger charge is -2.19. The normalized spacial score (nSPS) is 11.8. The monoisotopic (exact) mass is 918 g/mol. The molecule has 0 radical (unpaired) electrons. The van der Waals surface area contributed by atoms with E-state index in [1.165, 1.54) is 44.7 Å². The number of urea groups is 1. The van der Waals surface area contributed by atoms with Crippen molar-refractivity contribution in [3.05, 3.63) is 108 Å². The van der Waals surface area contributed by atoms with Gasteiger partial charge in [-0.15, -0.1) is 5.26 Å². The van der Waals surface area contributed by atoms with Gasteiger partial charge in [-0.05, 0) is 105 Å². The van der Waals surface area contributed by atoms with Crippen molar-refractivity contribution in [2.24, 2.45) is 5.14 Å². The average Bonchev–Trinajstić information content (AvgIpc) is 3.98. The van der Waals surface area contributed by atoms with Crippen molar-refractivity contribution >= 4 is 33.7 Å². The molecule has 0 aliphatic rings. The Morgan fingerprint density at radius 1 is 0.734 bits per heavy atom. The van der Waals surface area contributed by atoms with E-state index in [0.717, 1.165) is 0 Å². The van der Waals surface area contributed by atoms with E-state index in [-0.39, 0.29) is 34.8 Å². The predicted octanol–water partition coefficient (Wildman–Crippen LogP) is 8.97. The number of nitriles is 1. The zero-order chi connectivity index (χ0) is 47.2. The van der Waals surface area contributed by atoms with Gasteiger partial charge >= 0.3 is 6.03 Å². The molecule has 0 saturated carbocycles. The van der Waals surface area contributed by atoms with Gasteiger partial charge in [0.15, 0.2) is 26.8 Å². The van der Waals surface area contributed by atoms with Crippen molar-refractivity contribution in [2.45, 2.75) is 89.4 Å². The Morgan fingerprint density at radius 3 is 1.67 bits per heavy atom. The second-order valence-electron chi connectivity index (χ2n) is 15.0. The summed E-state index contributed by atoms with van der Waals surface area (Å²) in [6.45, 7) is 15.5. The van der Waals surface area contributed by atoms with E-state index in [1.54, 1.807) is 70.6 Å². The number of methoxy groups -OCH3 is 2. The number of benzene rings is 2. The highest BCUT2D eigenvalue weighted by atomic mass is 32.2. The lowest BCUT2D eigenvalue weighted by atomic mass is 9.94. The summed E-state index contributed by atoms with van der Waals surface area (Å²) < 4.78 is 72.7. The fourth-order valence-corrected chi connectivity index (χ4v) is 6.99. The fourth-order valence-electron chi connectivity index (χ4n) is 5.94. The fraction of sp³-hybridized carbons (Fsp3) is 0.318. The van der Waals surface area contributed by atoms with Crippen LogP contribution in [0.4, 0.5) is 19.3 Å². The first-order valence-corrected chi connectivity index (χ1v) is 22.2. The van der Waals surface area contributed by atoms with E-state index in [4.69, 9.17) is 24.6 Å². The van der Waals surface area contributed by atoms with Gasteiger partial charge in [0.1, 0.15) is 22.6 Å². The third-order valence-corrected chi connectivity index (χ3v) is 10.8. The van der Waals surface area contributed by atoms with Gasteiger partial charge in [0.25, 0.3) is 6.26 Å². The van der Waals surface area contributed by atoms with Gasteiger partial charge in [-0.3, -0.25) is 14.1 Å². The lowest BCUT2D eigenvalue weighted by Crippen LogP contribution is -2.31. The molecule has 340 valence electrons. The quantitative estimate of drug-likeness (QED) is 0.0930. The average molecular weight is 919 g/mol. The summed E-state index contributed by atoms with van der Waals surface area (Å²) in [4.78, 5) is 20.8. The van der Waals surface area contributed by atoms with Crippen LogP contribution in [0.2, 0.25) is 0 Å². The molecule has 2 amide bonds. The number of nitrogens with two attached hydrogens (primary N) is 1. The van der Waals surface area contributed by atoms with E-state index in [0.29, 0.717) is 61.6 Å². The van der Waals surface area contributed by atoms with Gasteiger partial charge in [0.2, 0.25) is 11.8 Å². The number of amides is 2. The van der Waals surface area contributed by atoms with E-state index in [2.05, 4.69) is 30.2 Å². The number of hydrogen-bond donors (Lipinski definition) is 3. The zero-order valence-electron chi connectivity index (χ0n) is 37.1. The lowest BCUT2D eigenvalue weighted by molar-refractivity contribution is 0.257. The highest BCUT2D eigenvalue weighted by Crippen LogP contribution is 2.39. The number of anilines is 1. The Hall–Kier alpha value is -6.56. The van der Waals surface area contributed by atoms with Crippen LogP contribution in [0.15, 0.2) is 95.5 Å². The van der Waals surface area contributed by atoms with Crippen LogP contribution in [0.25, 0.3) is 22.3 Å². The van der Waals surface area contributed by atoms with Crippen molar-refractivity contribution < 1.29 is 36.2 Å². The molecular weight excluding hydrogens is 867 g/mol. The number of carbonyl (C=O) groups is 1. The number of halogens is 2. The van der Waals surface area contributed by atoms with Crippen molar-refractivity contribution in [3.63, 3.8) is 0 Å². The molecule has 0 aliphatic heterocycles. The number of pyridine rings is 2. The van der Waals surface area contributed by atoms with Gasteiger partial charge in [0.05, 0.1) is 19.9 Å². The Kier molecular flexibility index (Phi) is 18.2. The van der Waals surface area contributed by atoms with Crippen LogP contribution in [0.1, 0.15) is 90.4 Å². The Labute approximate surface area is 376 Å². The van der Waals surface area contributed by atoms with Crippen molar-refractivity contribution in [3.8, 4) is 46.0 Å². The molecule has 2 unspecified atom stereocenters. The predicted molar refractivity (Wildman–Crippen MR) is 241 cm³/mol. The highest BCUT2D eigenvalue weighted by molar-refractivity contribution is 7.83. The Balaban J connectivity index is 0.000000239. The number of ether oxygens (including phenoxy) is 3. The zero-order valence-corrected chi connectivity index (χ0v) is 38.8. The molecule has 4 N–H and O–H groups in total. The summed E-state index contributed by atoms with van der Waals surface area (Å²) in [6, 6.07) is 15.1. The number of carbonyl (C=O) groups excluding carboxylic acids is 1. The third-order valence-electron chi connectivity index (χ3n) is 9.16. The first kappa shape index (κ1) is 50.1. The molecular formula is C44H52F2N10O6S2. The van der Waals surface area contributed by atoms with E-state index < -0.39 is 33.8 Å². The topological polar surface area (TPSA) is 214 Å². The van der Waals surface area contributed by atoms with Crippen LogP contribution in [0, 0.1) is 23.2 Å². The standard InChI is InChI=1S/C22H26FN5O3S.C16H15FN2O2.C6H11N3OS/c1-13(2)17-11-16(23)12-18(15-6-8-24-19(10-15)31-5)21(17)25-22(29)27-32(30)20-7-9-28(26-20)14(3)4;1-10(2)13-7-12(17)8-14(16(13)21-9-18)11-4-5-19-15(6-11)20-3;1-5(2)9-4-3-6(8-9)11(7)10/h6-14H,1-5H3,(H2,25,27,29);4-8,10H,1-3H3;3-5H,7H2,1-2H3. The summed E-state index contributed by atoms with van der Waals surface area (Å²) in [6.07, 6.45) is 8.23. The summed E-state index contributed by atoms with van der Waals surface area (Å²) in [7, 11) is -0.326. The first-order valence-electron chi connectivity index (χ1n) is 19.9. The maximum Gasteiger partial charge on any atom is 0.331 e. The summed E-state index contributed by atoms with van der Waals surface area (Å²) in [5, 5.41) is 25.6. The van der Waals surface area contributed by atoms with Crippen LogP contribution < -0.4 is 29.4 Å².